The summed E-state index contributed by atoms with van der Waals surface area (Å²) in [5.41, 5.74) is 2.01. The molecule has 0 radical (unpaired) electrons. The van der Waals surface area contributed by atoms with Crippen LogP contribution in [0.2, 0.25) is 0 Å². The number of aromatic nitrogens is 2. The normalized spacial score (nSPS) is 17.4. The van der Waals surface area contributed by atoms with E-state index in [0.29, 0.717) is 24.5 Å². The molecule has 0 saturated carbocycles. The second-order valence-corrected chi connectivity index (χ2v) is 6.79. The molecule has 2 saturated heterocycles. The monoisotopic (exact) mass is 368 g/mol. The predicted octanol–water partition coefficient (Wildman–Crippen LogP) is 1.07. The lowest BCUT2D eigenvalue weighted by Crippen LogP contribution is -2.62. The molecule has 4 rings (SSSR count). The first-order valence-electron chi connectivity index (χ1n) is 8.80. The number of nitrogens with zero attached hydrogens (tertiary/aromatic N) is 4. The van der Waals surface area contributed by atoms with Crippen LogP contribution in [-0.4, -0.2) is 63.5 Å². The zero-order valence-corrected chi connectivity index (χ0v) is 15.2. The van der Waals surface area contributed by atoms with Gasteiger partial charge in [0, 0.05) is 38.5 Å². The van der Waals surface area contributed by atoms with Crippen molar-refractivity contribution in [2.24, 2.45) is 7.05 Å². The van der Waals surface area contributed by atoms with Gasteiger partial charge in [0.2, 0.25) is 11.8 Å². The number of hydrogen-bond donors (Lipinski definition) is 0. The van der Waals surface area contributed by atoms with E-state index in [9.17, 15) is 14.4 Å². The second kappa shape index (κ2) is 6.53. The molecule has 8 nitrogen and oxygen atoms in total. The lowest BCUT2D eigenvalue weighted by Gasteiger charge is -2.42. The maximum Gasteiger partial charge on any atom is 0.272 e. The lowest BCUT2D eigenvalue weighted by atomic mass is 10.1. The van der Waals surface area contributed by atoms with Gasteiger partial charge < -0.3 is 9.64 Å². The van der Waals surface area contributed by atoms with Crippen LogP contribution in [0.15, 0.2) is 30.3 Å². The molecule has 27 heavy (non-hydrogen) atoms. The fourth-order valence-corrected chi connectivity index (χ4v) is 3.54. The summed E-state index contributed by atoms with van der Waals surface area (Å²) in [4.78, 5) is 39.4. The summed E-state index contributed by atoms with van der Waals surface area (Å²) in [7, 11) is 3.32. The average molecular weight is 368 g/mol. The zero-order chi connectivity index (χ0) is 19.1. The number of likely N-dealkylation sites (tertiary alicyclic amines) is 2. The maximum atomic E-state index is 12.8. The molecule has 2 aliphatic heterocycles. The van der Waals surface area contributed by atoms with Crippen molar-refractivity contribution in [1.82, 2.24) is 19.6 Å². The SMILES string of the molecule is COc1cccc(-c2cc(C(=O)N3CC(N4C(=O)CCC4=O)C3)n(C)n2)c1. The van der Waals surface area contributed by atoms with Crippen LogP contribution in [0.3, 0.4) is 0 Å². The Bertz CT molecular complexity index is 914. The van der Waals surface area contributed by atoms with E-state index in [1.54, 1.807) is 29.8 Å². The highest BCUT2D eigenvalue weighted by Gasteiger charge is 2.43. The largest absolute Gasteiger partial charge is 0.497 e. The zero-order valence-electron chi connectivity index (χ0n) is 15.2. The first-order chi connectivity index (χ1) is 13.0. The molecule has 1 aromatic carbocycles. The maximum absolute atomic E-state index is 12.8. The Morgan fingerprint density at radius 3 is 2.52 bits per heavy atom. The number of amides is 3. The quantitative estimate of drug-likeness (QED) is 0.754. The summed E-state index contributed by atoms with van der Waals surface area (Å²) in [6, 6.07) is 9.03. The molecule has 2 aliphatic rings. The third kappa shape index (κ3) is 2.97. The first-order valence-corrected chi connectivity index (χ1v) is 8.80. The minimum atomic E-state index is -0.206. The van der Waals surface area contributed by atoms with E-state index >= 15 is 0 Å². The van der Waals surface area contributed by atoms with E-state index in [1.165, 1.54) is 4.90 Å². The van der Waals surface area contributed by atoms with Gasteiger partial charge in [0.1, 0.15) is 11.4 Å². The molecule has 140 valence electrons. The number of aryl methyl sites for hydroxylation is 1. The number of rotatable bonds is 4. The fourth-order valence-electron chi connectivity index (χ4n) is 3.54. The van der Waals surface area contributed by atoms with E-state index in [2.05, 4.69) is 5.10 Å². The number of methoxy groups -OCH3 is 1. The molecular weight excluding hydrogens is 348 g/mol. The molecule has 3 amide bonds. The predicted molar refractivity (Wildman–Crippen MR) is 96.0 cm³/mol. The van der Waals surface area contributed by atoms with Crippen LogP contribution in [0.4, 0.5) is 0 Å². The Kier molecular flexibility index (Phi) is 4.18. The number of hydrogen-bond acceptors (Lipinski definition) is 5. The van der Waals surface area contributed by atoms with Crippen molar-refractivity contribution in [3.8, 4) is 17.0 Å². The van der Waals surface area contributed by atoms with Crippen LogP contribution in [0, 0.1) is 0 Å². The molecule has 1 aromatic heterocycles. The van der Waals surface area contributed by atoms with Crippen molar-refractivity contribution >= 4 is 17.7 Å². The molecule has 0 unspecified atom stereocenters. The van der Waals surface area contributed by atoms with Crippen LogP contribution in [-0.2, 0) is 16.6 Å². The Morgan fingerprint density at radius 2 is 1.85 bits per heavy atom. The van der Waals surface area contributed by atoms with Gasteiger partial charge in [-0.1, -0.05) is 12.1 Å². The van der Waals surface area contributed by atoms with Crippen molar-refractivity contribution < 1.29 is 19.1 Å². The van der Waals surface area contributed by atoms with E-state index in [-0.39, 0.29) is 36.6 Å². The summed E-state index contributed by atoms with van der Waals surface area (Å²) in [5, 5.41) is 4.43. The van der Waals surface area contributed by atoms with E-state index in [0.717, 1.165) is 11.3 Å². The van der Waals surface area contributed by atoms with Gasteiger partial charge in [-0.15, -0.1) is 0 Å². The van der Waals surface area contributed by atoms with Gasteiger partial charge in [-0.2, -0.15) is 5.10 Å². The second-order valence-electron chi connectivity index (χ2n) is 6.79. The Hall–Kier alpha value is -3.16. The highest BCUT2D eigenvalue weighted by Crippen LogP contribution is 2.26. The van der Waals surface area contributed by atoms with Gasteiger partial charge >= 0.3 is 0 Å². The lowest BCUT2D eigenvalue weighted by molar-refractivity contribution is -0.144. The van der Waals surface area contributed by atoms with Crippen molar-refractivity contribution in [2.45, 2.75) is 18.9 Å². The van der Waals surface area contributed by atoms with Crippen molar-refractivity contribution in [3.05, 3.63) is 36.0 Å². The molecular formula is C19H20N4O4. The first kappa shape index (κ1) is 17.3. The highest BCUT2D eigenvalue weighted by atomic mass is 16.5. The van der Waals surface area contributed by atoms with Crippen LogP contribution >= 0.6 is 0 Å². The summed E-state index contributed by atoms with van der Waals surface area (Å²) < 4.78 is 6.79. The van der Waals surface area contributed by atoms with Crippen LogP contribution in [0.25, 0.3) is 11.3 Å². The molecule has 8 heteroatoms. The molecule has 2 aromatic rings. The van der Waals surface area contributed by atoms with Gasteiger partial charge in [0.05, 0.1) is 18.8 Å². The molecule has 3 heterocycles. The Labute approximate surface area is 156 Å². The highest BCUT2D eigenvalue weighted by molar-refractivity contribution is 6.03. The third-order valence-corrected chi connectivity index (χ3v) is 5.07. The van der Waals surface area contributed by atoms with Crippen LogP contribution in [0.5, 0.6) is 5.75 Å². The molecule has 2 fully saturated rings. The van der Waals surface area contributed by atoms with Crippen LogP contribution < -0.4 is 4.74 Å². The standard InChI is InChI=1S/C19H20N4O4/c1-21-16(9-15(20-21)12-4-3-5-14(8-12)27-2)19(26)22-10-13(11-22)23-17(24)6-7-18(23)25/h3-5,8-9,13H,6-7,10-11H2,1-2H3. The minimum Gasteiger partial charge on any atom is -0.497 e. The van der Waals surface area contributed by atoms with Crippen molar-refractivity contribution in [1.29, 1.82) is 0 Å². The molecule has 0 spiro atoms. The fraction of sp³-hybridized carbons (Fsp3) is 0.368. The number of ether oxygens (including phenoxy) is 1. The van der Waals surface area contributed by atoms with Gasteiger partial charge in [-0.05, 0) is 18.2 Å². The molecule has 0 aliphatic carbocycles. The number of carbonyl (C=O) groups excluding carboxylic acids is 3. The molecule has 0 atom stereocenters. The van der Waals surface area contributed by atoms with Gasteiger partial charge in [0.25, 0.3) is 5.91 Å². The number of benzene rings is 1. The average Bonchev–Trinajstić information content (AvgIpc) is 3.17. The number of imide groups is 1. The topological polar surface area (TPSA) is 84.7 Å². The van der Waals surface area contributed by atoms with Gasteiger partial charge in [-0.3, -0.25) is 24.0 Å². The van der Waals surface area contributed by atoms with Crippen LogP contribution in [0.1, 0.15) is 23.3 Å². The summed E-state index contributed by atoms with van der Waals surface area (Å²) in [6.07, 6.45) is 0.545. The number of carbonyl (C=O) groups is 3. The van der Waals surface area contributed by atoms with Gasteiger partial charge in [-0.25, -0.2) is 0 Å². The van der Waals surface area contributed by atoms with E-state index in [4.69, 9.17) is 4.74 Å². The summed E-state index contributed by atoms with van der Waals surface area (Å²) >= 11 is 0. The summed E-state index contributed by atoms with van der Waals surface area (Å²) in [6.45, 7) is 0.742. The van der Waals surface area contributed by atoms with E-state index in [1.807, 2.05) is 24.3 Å². The Morgan fingerprint density at radius 1 is 1.15 bits per heavy atom. The van der Waals surface area contributed by atoms with Gasteiger partial charge in [0.15, 0.2) is 0 Å². The smallest absolute Gasteiger partial charge is 0.272 e. The minimum absolute atomic E-state index is 0.141. The van der Waals surface area contributed by atoms with E-state index < -0.39 is 0 Å². The molecule has 0 N–H and O–H groups in total. The van der Waals surface area contributed by atoms with Crippen molar-refractivity contribution in [3.63, 3.8) is 0 Å². The van der Waals surface area contributed by atoms with Crippen molar-refractivity contribution in [2.75, 3.05) is 20.2 Å². The molecule has 0 bridgehead atoms. The third-order valence-electron chi connectivity index (χ3n) is 5.07. The summed E-state index contributed by atoms with van der Waals surface area (Å²) in [5.74, 6) is 0.280. The Balaban J connectivity index is 1.48.